The molecule has 0 aliphatic rings. The molecule has 0 unspecified atom stereocenters. The molecule has 1 aromatic carbocycles. The van der Waals surface area contributed by atoms with Crippen molar-refractivity contribution < 1.29 is 9.15 Å². The van der Waals surface area contributed by atoms with Crippen molar-refractivity contribution in [3.8, 4) is 17.7 Å². The summed E-state index contributed by atoms with van der Waals surface area (Å²) in [7, 11) is 0. The van der Waals surface area contributed by atoms with E-state index in [0.29, 0.717) is 21.9 Å². The number of para-hydroxylation sites is 1. The van der Waals surface area contributed by atoms with Gasteiger partial charge in [0.05, 0.1) is 5.39 Å². The molecule has 0 amide bonds. The standard InChI is InChI=1S/C14H8ClN3O2S/c1-21-14-17-11(15)6-12(18-14)20-13-8-4-2-3-5-9(8)19-10(13)7-16/h2-6H,1H3. The molecule has 0 fully saturated rings. The zero-order chi connectivity index (χ0) is 14.8. The lowest BCUT2D eigenvalue weighted by molar-refractivity contribution is 0.444. The molecule has 104 valence electrons. The van der Waals surface area contributed by atoms with Crippen molar-refractivity contribution in [3.05, 3.63) is 41.2 Å². The molecule has 2 heterocycles. The van der Waals surface area contributed by atoms with Crippen LogP contribution in [0.3, 0.4) is 0 Å². The molecule has 0 saturated heterocycles. The van der Waals surface area contributed by atoms with E-state index in [2.05, 4.69) is 9.97 Å². The van der Waals surface area contributed by atoms with Crippen molar-refractivity contribution in [2.45, 2.75) is 5.16 Å². The molecule has 3 rings (SSSR count). The number of aromatic nitrogens is 2. The Morgan fingerprint density at radius 3 is 2.90 bits per heavy atom. The van der Waals surface area contributed by atoms with Crippen molar-refractivity contribution in [1.29, 1.82) is 5.26 Å². The lowest BCUT2D eigenvalue weighted by Gasteiger charge is -2.04. The number of ether oxygens (including phenoxy) is 1. The summed E-state index contributed by atoms with van der Waals surface area (Å²) in [5, 5.41) is 10.6. The molecule has 2 aromatic heterocycles. The van der Waals surface area contributed by atoms with Crippen LogP contribution < -0.4 is 4.74 Å². The van der Waals surface area contributed by atoms with E-state index in [1.807, 2.05) is 30.5 Å². The number of rotatable bonds is 3. The largest absolute Gasteiger partial charge is 0.442 e. The van der Waals surface area contributed by atoms with Crippen molar-refractivity contribution in [1.82, 2.24) is 9.97 Å². The first-order valence-corrected chi connectivity index (χ1v) is 7.49. The summed E-state index contributed by atoms with van der Waals surface area (Å²) in [5.41, 5.74) is 0.578. The fraction of sp³-hybridized carbons (Fsp3) is 0.0714. The van der Waals surface area contributed by atoms with E-state index in [4.69, 9.17) is 26.0 Å². The SMILES string of the molecule is CSc1nc(Cl)cc(Oc2c(C#N)oc3ccccc23)n1. The number of hydrogen-bond donors (Lipinski definition) is 0. The molecule has 0 radical (unpaired) electrons. The van der Waals surface area contributed by atoms with Crippen LogP contribution in [0.2, 0.25) is 5.15 Å². The van der Waals surface area contributed by atoms with Crippen molar-refractivity contribution >= 4 is 34.3 Å². The van der Waals surface area contributed by atoms with Crippen molar-refractivity contribution in [2.75, 3.05) is 6.26 Å². The summed E-state index contributed by atoms with van der Waals surface area (Å²) in [6.45, 7) is 0. The maximum Gasteiger partial charge on any atom is 0.247 e. The number of thioether (sulfide) groups is 1. The minimum atomic E-state index is 0.0941. The highest BCUT2D eigenvalue weighted by atomic mass is 35.5. The number of furan rings is 1. The highest BCUT2D eigenvalue weighted by Gasteiger charge is 2.17. The quantitative estimate of drug-likeness (QED) is 0.408. The van der Waals surface area contributed by atoms with Gasteiger partial charge in [-0.1, -0.05) is 35.5 Å². The number of hydrogen-bond acceptors (Lipinski definition) is 6. The zero-order valence-electron chi connectivity index (χ0n) is 10.8. The number of benzene rings is 1. The van der Waals surface area contributed by atoms with E-state index >= 15 is 0 Å². The Labute approximate surface area is 129 Å². The average molecular weight is 318 g/mol. The van der Waals surface area contributed by atoms with Crippen LogP contribution in [0.15, 0.2) is 39.9 Å². The molecule has 0 saturated carbocycles. The van der Waals surface area contributed by atoms with Gasteiger partial charge in [0.2, 0.25) is 11.6 Å². The van der Waals surface area contributed by atoms with Gasteiger partial charge in [0, 0.05) is 6.07 Å². The van der Waals surface area contributed by atoms with Crippen LogP contribution in [0.1, 0.15) is 5.76 Å². The fourth-order valence-corrected chi connectivity index (χ4v) is 2.42. The molecule has 0 aliphatic heterocycles. The molecule has 0 atom stereocenters. The summed E-state index contributed by atoms with van der Waals surface area (Å²) in [6.07, 6.45) is 1.84. The lowest BCUT2D eigenvalue weighted by Crippen LogP contribution is -1.93. The molecule has 21 heavy (non-hydrogen) atoms. The normalized spacial score (nSPS) is 10.5. The van der Waals surface area contributed by atoms with E-state index in [0.717, 1.165) is 0 Å². The number of nitrogens with zero attached hydrogens (tertiary/aromatic N) is 3. The van der Waals surface area contributed by atoms with E-state index in [1.165, 1.54) is 17.8 Å². The summed E-state index contributed by atoms with van der Waals surface area (Å²) in [6, 6.07) is 10.7. The Kier molecular flexibility index (Phi) is 3.69. The van der Waals surface area contributed by atoms with Gasteiger partial charge < -0.3 is 9.15 Å². The maximum atomic E-state index is 9.17. The van der Waals surface area contributed by atoms with Crippen LogP contribution >= 0.6 is 23.4 Å². The van der Waals surface area contributed by atoms with Gasteiger partial charge in [0.1, 0.15) is 16.8 Å². The van der Waals surface area contributed by atoms with Gasteiger partial charge in [-0.05, 0) is 18.4 Å². The second kappa shape index (κ2) is 5.64. The van der Waals surface area contributed by atoms with Crippen molar-refractivity contribution in [2.24, 2.45) is 0 Å². The predicted octanol–water partition coefficient (Wildman–Crippen LogP) is 4.26. The zero-order valence-corrected chi connectivity index (χ0v) is 12.4. The molecule has 5 nitrogen and oxygen atoms in total. The third-order valence-electron chi connectivity index (χ3n) is 2.69. The highest BCUT2D eigenvalue weighted by molar-refractivity contribution is 7.98. The first kappa shape index (κ1) is 13.7. The average Bonchev–Trinajstić information content (AvgIpc) is 2.85. The van der Waals surface area contributed by atoms with Crippen molar-refractivity contribution in [3.63, 3.8) is 0 Å². The molecule has 7 heteroatoms. The van der Waals surface area contributed by atoms with Crippen LogP contribution in [0.25, 0.3) is 11.0 Å². The van der Waals surface area contributed by atoms with E-state index in [1.54, 1.807) is 6.07 Å². The second-order valence-electron chi connectivity index (χ2n) is 3.99. The van der Waals surface area contributed by atoms with Crippen LogP contribution in [0.5, 0.6) is 11.6 Å². The summed E-state index contributed by atoms with van der Waals surface area (Å²) in [4.78, 5) is 8.24. The van der Waals surface area contributed by atoms with E-state index < -0.39 is 0 Å². The minimum Gasteiger partial charge on any atom is -0.442 e. The van der Waals surface area contributed by atoms with Gasteiger partial charge in [0.15, 0.2) is 10.9 Å². The van der Waals surface area contributed by atoms with Crippen LogP contribution in [-0.4, -0.2) is 16.2 Å². The van der Waals surface area contributed by atoms with Crippen LogP contribution in [-0.2, 0) is 0 Å². The van der Waals surface area contributed by atoms with Gasteiger partial charge in [-0.15, -0.1) is 0 Å². The summed E-state index contributed by atoms with van der Waals surface area (Å²) >= 11 is 7.28. The molecule has 3 aromatic rings. The molecule has 0 N–H and O–H groups in total. The maximum absolute atomic E-state index is 9.17. The smallest absolute Gasteiger partial charge is 0.247 e. The van der Waals surface area contributed by atoms with E-state index in [9.17, 15) is 0 Å². The molecular weight excluding hydrogens is 310 g/mol. The van der Waals surface area contributed by atoms with Gasteiger partial charge in [-0.25, -0.2) is 4.98 Å². The number of fused-ring (bicyclic) bond motifs is 1. The second-order valence-corrected chi connectivity index (χ2v) is 5.15. The van der Waals surface area contributed by atoms with Crippen LogP contribution in [0.4, 0.5) is 0 Å². The minimum absolute atomic E-state index is 0.0941. The topological polar surface area (TPSA) is 71.9 Å². The Morgan fingerprint density at radius 2 is 2.14 bits per heavy atom. The van der Waals surface area contributed by atoms with Gasteiger partial charge in [-0.3, -0.25) is 0 Å². The van der Waals surface area contributed by atoms with E-state index in [-0.39, 0.29) is 16.8 Å². The monoisotopic (exact) mass is 317 g/mol. The summed E-state index contributed by atoms with van der Waals surface area (Å²) < 4.78 is 11.2. The van der Waals surface area contributed by atoms with Gasteiger partial charge in [-0.2, -0.15) is 10.2 Å². The van der Waals surface area contributed by atoms with Gasteiger partial charge >= 0.3 is 0 Å². The Balaban J connectivity index is 2.09. The Morgan fingerprint density at radius 1 is 1.33 bits per heavy atom. The number of halogens is 1. The highest BCUT2D eigenvalue weighted by Crippen LogP contribution is 2.35. The molecule has 0 bridgehead atoms. The predicted molar refractivity (Wildman–Crippen MR) is 79.8 cm³/mol. The van der Waals surface area contributed by atoms with Gasteiger partial charge in [0.25, 0.3) is 0 Å². The Hall–Kier alpha value is -2.23. The lowest BCUT2D eigenvalue weighted by atomic mass is 10.2. The third-order valence-corrected chi connectivity index (χ3v) is 3.43. The van der Waals surface area contributed by atoms with Crippen LogP contribution in [0, 0.1) is 11.3 Å². The third kappa shape index (κ3) is 2.66. The summed E-state index contributed by atoms with van der Waals surface area (Å²) in [5.74, 6) is 0.689. The fourth-order valence-electron chi connectivity index (χ4n) is 1.82. The number of nitriles is 1. The first-order chi connectivity index (χ1) is 10.2. The molecule has 0 spiro atoms. The Bertz CT molecular complexity index is 857. The molecule has 0 aliphatic carbocycles. The molecular formula is C14H8ClN3O2S. The first-order valence-electron chi connectivity index (χ1n) is 5.89.